The molecule has 268 valence electrons. The van der Waals surface area contributed by atoms with Gasteiger partial charge in [0.1, 0.15) is 0 Å². The molecule has 0 bridgehead atoms. The van der Waals surface area contributed by atoms with Crippen LogP contribution in [0, 0.1) is 0 Å². The Morgan fingerprint density at radius 2 is 0.607 bits per heavy atom. The second-order valence-corrected chi connectivity index (χ2v) is 15.1. The monoisotopic (exact) mass is 719 g/mol. The summed E-state index contributed by atoms with van der Waals surface area (Å²) in [6.45, 7) is 4.75. The van der Waals surface area contributed by atoms with Crippen LogP contribution < -0.4 is 14.7 Å². The largest absolute Gasteiger partial charge is 0.311 e. The lowest BCUT2D eigenvalue weighted by molar-refractivity contribution is 0.663. The molecule has 0 aliphatic heterocycles. The van der Waals surface area contributed by atoms with Crippen LogP contribution in [-0.4, -0.2) is 0 Å². The second-order valence-electron chi connectivity index (χ2n) is 15.1. The van der Waals surface area contributed by atoms with E-state index in [4.69, 9.17) is 0 Å². The predicted molar refractivity (Wildman–Crippen MR) is 238 cm³/mol. The molecule has 0 amide bonds. The Kier molecular flexibility index (Phi) is 8.15. The Labute approximate surface area is 329 Å². The fourth-order valence-corrected chi connectivity index (χ4v) is 8.67. The third-order valence-electron chi connectivity index (χ3n) is 11.3. The Hall–Kier alpha value is -7.10. The number of rotatable bonds is 9. The van der Waals surface area contributed by atoms with E-state index in [1.165, 1.54) is 32.7 Å². The molecule has 9 aromatic carbocycles. The first-order valence-electron chi connectivity index (χ1n) is 19.4. The zero-order chi connectivity index (χ0) is 37.6. The van der Waals surface area contributed by atoms with Crippen LogP contribution in [0.1, 0.15) is 25.0 Å². The molecule has 1 aliphatic carbocycles. The van der Waals surface area contributed by atoms with Gasteiger partial charge >= 0.3 is 0 Å². The maximum Gasteiger partial charge on any atom is 0.0471 e. The van der Waals surface area contributed by atoms with E-state index in [-0.39, 0.29) is 5.41 Å². The smallest absolute Gasteiger partial charge is 0.0471 e. The molecule has 0 saturated heterocycles. The molecule has 0 heterocycles. The lowest BCUT2D eigenvalue weighted by Gasteiger charge is -2.30. The molecule has 0 unspecified atom stereocenters. The van der Waals surface area contributed by atoms with Gasteiger partial charge in [0.15, 0.2) is 0 Å². The van der Waals surface area contributed by atoms with Gasteiger partial charge in [-0.1, -0.05) is 117 Å². The van der Waals surface area contributed by atoms with Crippen molar-refractivity contribution in [3.8, 4) is 0 Å². The van der Waals surface area contributed by atoms with E-state index in [0.29, 0.717) is 0 Å². The highest BCUT2D eigenvalue weighted by Gasteiger charge is 2.35. The highest BCUT2D eigenvalue weighted by Crippen LogP contribution is 2.51. The fraction of sp³-hybridized carbons (Fsp3) is 0.0566. The van der Waals surface area contributed by atoms with E-state index in [1.807, 2.05) is 0 Å². The lowest BCUT2D eigenvalue weighted by atomic mass is 9.81. The van der Waals surface area contributed by atoms with E-state index in [9.17, 15) is 0 Å². The summed E-state index contributed by atoms with van der Waals surface area (Å²) in [6, 6.07) is 76.5. The second kappa shape index (κ2) is 13.6. The van der Waals surface area contributed by atoms with Crippen LogP contribution in [0.4, 0.5) is 51.2 Å². The Balaban J connectivity index is 1.12. The van der Waals surface area contributed by atoms with Crippen molar-refractivity contribution in [2.75, 3.05) is 14.7 Å². The summed E-state index contributed by atoms with van der Waals surface area (Å²) >= 11 is 0. The van der Waals surface area contributed by atoms with Crippen molar-refractivity contribution in [2.45, 2.75) is 19.3 Å². The van der Waals surface area contributed by atoms with E-state index >= 15 is 0 Å². The van der Waals surface area contributed by atoms with Crippen LogP contribution in [0.15, 0.2) is 212 Å². The highest BCUT2D eigenvalue weighted by atomic mass is 15.2. The SMILES string of the molecule is CC1(C)c2cccc3ccc4cc(N(c5ccc(N(c6ccccc6)c6ccccc6)cc5)c5ccc(N(c6ccccc6)c6ccccc6)cc5)cc1c4c23. The molecular formula is C53H41N3. The minimum Gasteiger partial charge on any atom is -0.311 e. The molecule has 3 heteroatoms. The molecule has 56 heavy (non-hydrogen) atoms. The summed E-state index contributed by atoms with van der Waals surface area (Å²) in [5.74, 6) is 0. The average molecular weight is 720 g/mol. The maximum atomic E-state index is 2.43. The summed E-state index contributed by atoms with van der Waals surface area (Å²) in [6.07, 6.45) is 0. The number of hydrogen-bond donors (Lipinski definition) is 0. The zero-order valence-electron chi connectivity index (χ0n) is 31.5. The van der Waals surface area contributed by atoms with Gasteiger partial charge in [-0.15, -0.1) is 0 Å². The van der Waals surface area contributed by atoms with E-state index in [1.54, 1.807) is 0 Å². The van der Waals surface area contributed by atoms with Crippen LogP contribution in [0.25, 0.3) is 21.5 Å². The number of hydrogen-bond acceptors (Lipinski definition) is 3. The molecule has 10 rings (SSSR count). The van der Waals surface area contributed by atoms with Gasteiger partial charge in [-0.25, -0.2) is 0 Å². The summed E-state index contributed by atoms with van der Waals surface area (Å²) < 4.78 is 0. The summed E-state index contributed by atoms with van der Waals surface area (Å²) in [4.78, 5) is 7.04. The number of anilines is 9. The topological polar surface area (TPSA) is 9.72 Å². The van der Waals surface area contributed by atoms with Crippen LogP contribution in [0.3, 0.4) is 0 Å². The minimum atomic E-state index is -0.130. The van der Waals surface area contributed by atoms with Gasteiger partial charge in [-0.2, -0.15) is 0 Å². The molecule has 1 aliphatic rings. The molecule has 0 N–H and O–H groups in total. The normalized spacial score (nSPS) is 12.6. The molecule has 0 saturated carbocycles. The van der Waals surface area contributed by atoms with Crippen molar-refractivity contribution in [3.05, 3.63) is 223 Å². The predicted octanol–water partition coefficient (Wildman–Crippen LogP) is 15.0. The van der Waals surface area contributed by atoms with E-state index in [0.717, 1.165) is 51.2 Å². The minimum absolute atomic E-state index is 0.130. The number of benzene rings is 9. The molecule has 0 spiro atoms. The van der Waals surface area contributed by atoms with Gasteiger partial charge in [-0.05, 0) is 142 Å². The van der Waals surface area contributed by atoms with Gasteiger partial charge in [-0.3, -0.25) is 0 Å². The van der Waals surface area contributed by atoms with Gasteiger partial charge in [0, 0.05) is 56.6 Å². The van der Waals surface area contributed by atoms with Crippen LogP contribution in [0.2, 0.25) is 0 Å². The van der Waals surface area contributed by atoms with E-state index in [2.05, 4.69) is 241 Å². The van der Waals surface area contributed by atoms with Crippen molar-refractivity contribution in [2.24, 2.45) is 0 Å². The summed E-state index contributed by atoms with van der Waals surface area (Å²) in [5.41, 5.74) is 12.6. The average Bonchev–Trinajstić information content (AvgIpc) is 3.49. The number of nitrogens with zero attached hydrogens (tertiary/aromatic N) is 3. The standard InChI is InChI=1S/C53H41N3/c1-53(2)49-25-15-16-38-26-27-39-36-48(37-50(53)52(39)51(38)49)56(46-32-28-44(29-33-46)54(40-17-7-3-8-18-40)41-19-9-4-10-20-41)47-34-30-45(31-35-47)55(42-21-11-5-12-22-42)43-23-13-6-14-24-43/h3-37H,1-2H3. The quantitative estimate of drug-likeness (QED) is 0.138. The van der Waals surface area contributed by atoms with Gasteiger partial charge in [0.25, 0.3) is 0 Å². The maximum absolute atomic E-state index is 2.43. The molecule has 9 aromatic rings. The Morgan fingerprint density at radius 1 is 0.268 bits per heavy atom. The Morgan fingerprint density at radius 3 is 1.02 bits per heavy atom. The van der Waals surface area contributed by atoms with Crippen LogP contribution in [-0.2, 0) is 5.41 Å². The fourth-order valence-electron chi connectivity index (χ4n) is 8.67. The zero-order valence-corrected chi connectivity index (χ0v) is 31.5. The first kappa shape index (κ1) is 33.5. The third-order valence-corrected chi connectivity index (χ3v) is 11.3. The molecular weight excluding hydrogens is 679 g/mol. The molecule has 0 atom stereocenters. The molecule has 0 radical (unpaired) electrons. The Bertz CT molecular complexity index is 2590. The van der Waals surface area contributed by atoms with Crippen LogP contribution in [0.5, 0.6) is 0 Å². The van der Waals surface area contributed by atoms with E-state index < -0.39 is 0 Å². The van der Waals surface area contributed by atoms with Gasteiger partial charge < -0.3 is 14.7 Å². The summed E-state index contributed by atoms with van der Waals surface area (Å²) in [5, 5.41) is 5.33. The molecule has 0 fully saturated rings. The first-order valence-corrected chi connectivity index (χ1v) is 19.4. The van der Waals surface area contributed by atoms with Gasteiger partial charge in [0.05, 0.1) is 0 Å². The van der Waals surface area contributed by atoms with Crippen molar-refractivity contribution >= 4 is 72.7 Å². The number of para-hydroxylation sites is 4. The van der Waals surface area contributed by atoms with Crippen molar-refractivity contribution in [1.29, 1.82) is 0 Å². The van der Waals surface area contributed by atoms with Gasteiger partial charge in [0.2, 0.25) is 0 Å². The van der Waals surface area contributed by atoms with Crippen molar-refractivity contribution < 1.29 is 0 Å². The first-order chi connectivity index (χ1) is 27.5. The van der Waals surface area contributed by atoms with Crippen LogP contribution >= 0.6 is 0 Å². The molecule has 3 nitrogen and oxygen atoms in total. The lowest BCUT2D eigenvalue weighted by Crippen LogP contribution is -2.17. The van der Waals surface area contributed by atoms with Crippen molar-refractivity contribution in [1.82, 2.24) is 0 Å². The third kappa shape index (κ3) is 5.68. The summed E-state index contributed by atoms with van der Waals surface area (Å²) in [7, 11) is 0. The molecule has 0 aromatic heterocycles. The highest BCUT2D eigenvalue weighted by molar-refractivity contribution is 6.16. The van der Waals surface area contributed by atoms with Crippen molar-refractivity contribution in [3.63, 3.8) is 0 Å².